The van der Waals surface area contributed by atoms with Crippen LogP contribution < -0.4 is 5.32 Å². The predicted octanol–water partition coefficient (Wildman–Crippen LogP) is 3.05. The van der Waals surface area contributed by atoms with Crippen molar-refractivity contribution in [2.45, 2.75) is 32.9 Å². The number of rotatable bonds is 5. The average molecular weight is 300 g/mol. The molecular weight excluding hydrogens is 282 g/mol. The summed E-state index contributed by atoms with van der Waals surface area (Å²) >= 11 is 3.42. The Labute approximate surface area is 111 Å². The highest BCUT2D eigenvalue weighted by Gasteiger charge is 2.09. The second-order valence-corrected chi connectivity index (χ2v) is 5.11. The Kier molecular flexibility index (Phi) is 5.65. The third-order valence-electron chi connectivity index (χ3n) is 2.27. The fourth-order valence-electron chi connectivity index (χ4n) is 1.43. The number of hydrogen-bond donors (Lipinski definition) is 1. The molecule has 1 rings (SSSR count). The lowest BCUT2D eigenvalue weighted by Crippen LogP contribution is -2.28. The van der Waals surface area contributed by atoms with Crippen molar-refractivity contribution in [2.75, 3.05) is 6.54 Å². The molecule has 17 heavy (non-hydrogen) atoms. The summed E-state index contributed by atoms with van der Waals surface area (Å²) in [7, 11) is 0. The summed E-state index contributed by atoms with van der Waals surface area (Å²) in [6, 6.07) is 8.13. The molecule has 0 radical (unpaired) electrons. The van der Waals surface area contributed by atoms with Gasteiger partial charge in [-0.25, -0.2) is 0 Å². The number of esters is 1. The van der Waals surface area contributed by atoms with Crippen molar-refractivity contribution in [3.63, 3.8) is 0 Å². The Balaban J connectivity index is 2.44. The van der Waals surface area contributed by atoms with Gasteiger partial charge in [0, 0.05) is 10.5 Å². The van der Waals surface area contributed by atoms with E-state index >= 15 is 0 Å². The number of halogens is 1. The highest BCUT2D eigenvalue weighted by atomic mass is 79.9. The van der Waals surface area contributed by atoms with Crippen LogP contribution in [0.1, 0.15) is 32.4 Å². The fraction of sp³-hybridized carbons (Fsp3) is 0.462. The van der Waals surface area contributed by atoms with Crippen LogP contribution in [0.5, 0.6) is 0 Å². The van der Waals surface area contributed by atoms with Crippen molar-refractivity contribution in [1.29, 1.82) is 0 Å². The Hall–Kier alpha value is -0.870. The van der Waals surface area contributed by atoms with Crippen LogP contribution in [0.25, 0.3) is 0 Å². The van der Waals surface area contributed by atoms with E-state index < -0.39 is 0 Å². The minimum absolute atomic E-state index is 0.0644. The predicted molar refractivity (Wildman–Crippen MR) is 71.8 cm³/mol. The highest BCUT2D eigenvalue weighted by molar-refractivity contribution is 9.10. The van der Waals surface area contributed by atoms with Gasteiger partial charge in [-0.15, -0.1) is 0 Å². The summed E-state index contributed by atoms with van der Waals surface area (Å²) < 4.78 is 6.09. The third kappa shape index (κ3) is 5.33. The van der Waals surface area contributed by atoms with Crippen LogP contribution in [0.3, 0.4) is 0 Å². The number of carbonyl (C=O) groups excluding carboxylic acids is 1. The van der Waals surface area contributed by atoms with Crippen molar-refractivity contribution in [1.82, 2.24) is 5.32 Å². The third-order valence-corrected chi connectivity index (χ3v) is 2.76. The SMILES string of the molecule is CC(C)OC(=O)CNC(C)c1cccc(Br)c1. The molecule has 0 aromatic heterocycles. The molecular formula is C13H18BrNO2. The van der Waals surface area contributed by atoms with Gasteiger partial charge in [-0.3, -0.25) is 4.79 Å². The first-order chi connectivity index (χ1) is 7.99. The quantitative estimate of drug-likeness (QED) is 0.849. The van der Waals surface area contributed by atoms with E-state index in [1.807, 2.05) is 45.0 Å². The van der Waals surface area contributed by atoms with E-state index in [1.54, 1.807) is 0 Å². The van der Waals surface area contributed by atoms with E-state index in [0.717, 1.165) is 10.0 Å². The molecule has 1 aromatic rings. The van der Waals surface area contributed by atoms with Gasteiger partial charge >= 0.3 is 5.97 Å². The van der Waals surface area contributed by atoms with Crippen LogP contribution in [0, 0.1) is 0 Å². The van der Waals surface area contributed by atoms with E-state index in [-0.39, 0.29) is 24.7 Å². The molecule has 0 amide bonds. The zero-order valence-electron chi connectivity index (χ0n) is 10.4. The number of carbonyl (C=O) groups is 1. The molecule has 0 bridgehead atoms. The van der Waals surface area contributed by atoms with Crippen LogP contribution in [-0.2, 0) is 9.53 Å². The molecule has 0 saturated heterocycles. The summed E-state index contributed by atoms with van der Waals surface area (Å²) in [5.41, 5.74) is 1.14. The molecule has 1 N–H and O–H groups in total. The second kappa shape index (κ2) is 6.77. The molecule has 0 heterocycles. The van der Waals surface area contributed by atoms with Crippen molar-refractivity contribution < 1.29 is 9.53 Å². The first kappa shape index (κ1) is 14.2. The number of nitrogens with one attached hydrogen (secondary N) is 1. The first-order valence-corrected chi connectivity index (χ1v) is 6.46. The van der Waals surface area contributed by atoms with Crippen LogP contribution in [0.4, 0.5) is 0 Å². The molecule has 1 aromatic carbocycles. The van der Waals surface area contributed by atoms with E-state index in [2.05, 4.69) is 21.2 Å². The van der Waals surface area contributed by atoms with E-state index in [0.29, 0.717) is 0 Å². The van der Waals surface area contributed by atoms with Gasteiger partial charge in [0.1, 0.15) is 0 Å². The van der Waals surface area contributed by atoms with Crippen molar-refractivity contribution >= 4 is 21.9 Å². The summed E-state index contributed by atoms with van der Waals surface area (Å²) in [5.74, 6) is -0.221. The van der Waals surface area contributed by atoms with Gasteiger partial charge in [-0.05, 0) is 38.5 Å². The Morgan fingerprint density at radius 2 is 2.12 bits per heavy atom. The van der Waals surface area contributed by atoms with Crippen LogP contribution in [0.2, 0.25) is 0 Å². The molecule has 0 aliphatic carbocycles. The van der Waals surface area contributed by atoms with Crippen LogP contribution in [-0.4, -0.2) is 18.6 Å². The van der Waals surface area contributed by atoms with Gasteiger partial charge < -0.3 is 10.1 Å². The van der Waals surface area contributed by atoms with Crippen molar-refractivity contribution in [2.24, 2.45) is 0 Å². The van der Waals surface area contributed by atoms with Crippen molar-refractivity contribution in [3.8, 4) is 0 Å². The van der Waals surface area contributed by atoms with Gasteiger partial charge in [-0.1, -0.05) is 28.1 Å². The van der Waals surface area contributed by atoms with Crippen LogP contribution in [0.15, 0.2) is 28.7 Å². The van der Waals surface area contributed by atoms with Crippen LogP contribution >= 0.6 is 15.9 Å². The maximum absolute atomic E-state index is 11.4. The molecule has 0 spiro atoms. The number of ether oxygens (including phenoxy) is 1. The molecule has 94 valence electrons. The molecule has 4 heteroatoms. The Morgan fingerprint density at radius 1 is 1.41 bits per heavy atom. The maximum Gasteiger partial charge on any atom is 0.320 e. The van der Waals surface area contributed by atoms with Gasteiger partial charge in [0.15, 0.2) is 0 Å². The summed E-state index contributed by atoms with van der Waals surface area (Å²) in [5, 5.41) is 3.14. The number of hydrogen-bond acceptors (Lipinski definition) is 3. The molecule has 1 atom stereocenters. The van der Waals surface area contributed by atoms with E-state index in [4.69, 9.17) is 4.74 Å². The normalized spacial score (nSPS) is 12.5. The number of benzene rings is 1. The Morgan fingerprint density at radius 3 is 2.71 bits per heavy atom. The lowest BCUT2D eigenvalue weighted by molar-refractivity contribution is -0.146. The molecule has 0 fully saturated rings. The van der Waals surface area contributed by atoms with E-state index in [9.17, 15) is 4.79 Å². The second-order valence-electron chi connectivity index (χ2n) is 4.20. The minimum atomic E-state index is -0.221. The van der Waals surface area contributed by atoms with Gasteiger partial charge in [0.2, 0.25) is 0 Å². The standard InChI is InChI=1S/C13H18BrNO2/c1-9(2)17-13(16)8-15-10(3)11-5-4-6-12(14)7-11/h4-7,9-10,15H,8H2,1-3H3. The smallest absolute Gasteiger partial charge is 0.320 e. The molecule has 0 aliphatic heterocycles. The Bertz CT molecular complexity index is 379. The maximum atomic E-state index is 11.4. The highest BCUT2D eigenvalue weighted by Crippen LogP contribution is 2.17. The van der Waals surface area contributed by atoms with Crippen molar-refractivity contribution in [3.05, 3.63) is 34.3 Å². The lowest BCUT2D eigenvalue weighted by atomic mass is 10.1. The first-order valence-electron chi connectivity index (χ1n) is 5.67. The van der Waals surface area contributed by atoms with Gasteiger partial charge in [0.25, 0.3) is 0 Å². The molecule has 0 aliphatic rings. The zero-order chi connectivity index (χ0) is 12.8. The van der Waals surface area contributed by atoms with Gasteiger partial charge in [-0.2, -0.15) is 0 Å². The topological polar surface area (TPSA) is 38.3 Å². The molecule has 0 saturated carbocycles. The minimum Gasteiger partial charge on any atom is -0.462 e. The zero-order valence-corrected chi connectivity index (χ0v) is 12.0. The monoisotopic (exact) mass is 299 g/mol. The fourth-order valence-corrected chi connectivity index (χ4v) is 1.85. The largest absolute Gasteiger partial charge is 0.462 e. The summed E-state index contributed by atoms with van der Waals surface area (Å²) in [6.07, 6.45) is -0.0644. The summed E-state index contributed by atoms with van der Waals surface area (Å²) in [4.78, 5) is 11.4. The molecule has 1 unspecified atom stereocenters. The molecule has 3 nitrogen and oxygen atoms in total. The summed E-state index contributed by atoms with van der Waals surface area (Å²) in [6.45, 7) is 5.93. The lowest BCUT2D eigenvalue weighted by Gasteiger charge is -2.15. The van der Waals surface area contributed by atoms with Gasteiger partial charge in [0.05, 0.1) is 12.6 Å². The average Bonchev–Trinajstić information content (AvgIpc) is 2.25. The van der Waals surface area contributed by atoms with E-state index in [1.165, 1.54) is 0 Å².